The number of thiol groups is 1. The van der Waals surface area contributed by atoms with Gasteiger partial charge in [-0.15, -0.1) is 0 Å². The van der Waals surface area contributed by atoms with Gasteiger partial charge in [-0.1, -0.05) is 30.3 Å². The number of aliphatic carboxylic acids is 1. The summed E-state index contributed by atoms with van der Waals surface area (Å²) >= 11 is 3.94. The number of nitrogens with zero attached hydrogens (tertiary/aromatic N) is 1. The highest BCUT2D eigenvalue weighted by atomic mass is 32.1. The van der Waals surface area contributed by atoms with Crippen molar-refractivity contribution in [2.75, 3.05) is 12.3 Å². The summed E-state index contributed by atoms with van der Waals surface area (Å²) in [4.78, 5) is 53.0. The summed E-state index contributed by atoms with van der Waals surface area (Å²) in [6.45, 7) is 1.64. The number of carboxylic acids is 1. The molecule has 0 saturated carbocycles. The highest BCUT2D eigenvalue weighted by molar-refractivity contribution is 7.80. The Balaban J connectivity index is 2.90. The van der Waals surface area contributed by atoms with Crippen molar-refractivity contribution in [3.05, 3.63) is 35.9 Å². The molecule has 10 N–H and O–H groups in total. The minimum absolute atomic E-state index is 0.0602. The van der Waals surface area contributed by atoms with Gasteiger partial charge in [0, 0.05) is 18.7 Å². The van der Waals surface area contributed by atoms with Crippen LogP contribution in [0.4, 0.5) is 0 Å². The Hall–Kier alpha value is -3.32. The molecule has 34 heavy (non-hydrogen) atoms. The summed E-state index contributed by atoms with van der Waals surface area (Å²) in [5, 5.41) is 17.0. The Labute approximate surface area is 203 Å². The zero-order valence-electron chi connectivity index (χ0n) is 18.9. The summed E-state index contributed by atoms with van der Waals surface area (Å²) < 4.78 is 0. The summed E-state index contributed by atoms with van der Waals surface area (Å²) in [6.07, 6.45) is 0.519. The van der Waals surface area contributed by atoms with Crippen molar-refractivity contribution in [2.24, 2.45) is 22.2 Å². The first kappa shape index (κ1) is 28.7. The van der Waals surface area contributed by atoms with E-state index in [9.17, 15) is 24.3 Å². The number of hydrogen-bond acceptors (Lipinski definition) is 7. The van der Waals surface area contributed by atoms with E-state index in [0.29, 0.717) is 6.42 Å². The van der Waals surface area contributed by atoms with Gasteiger partial charge in [-0.05, 0) is 25.3 Å². The van der Waals surface area contributed by atoms with Crippen LogP contribution in [0.5, 0.6) is 0 Å². The van der Waals surface area contributed by atoms with Crippen molar-refractivity contribution >= 4 is 42.3 Å². The topological polar surface area (TPSA) is 215 Å². The number of amides is 3. The molecule has 4 atom stereocenters. The van der Waals surface area contributed by atoms with Crippen molar-refractivity contribution < 1.29 is 24.3 Å². The Bertz CT molecular complexity index is 864. The van der Waals surface area contributed by atoms with Crippen LogP contribution in [0.3, 0.4) is 0 Å². The van der Waals surface area contributed by atoms with Gasteiger partial charge in [0.2, 0.25) is 17.7 Å². The van der Waals surface area contributed by atoms with E-state index in [1.165, 1.54) is 6.92 Å². The van der Waals surface area contributed by atoms with E-state index < -0.39 is 47.9 Å². The molecular weight excluding hydrogens is 462 g/mol. The fourth-order valence-corrected chi connectivity index (χ4v) is 3.03. The minimum Gasteiger partial charge on any atom is -0.480 e. The van der Waals surface area contributed by atoms with Crippen molar-refractivity contribution in [3.8, 4) is 0 Å². The van der Waals surface area contributed by atoms with Crippen LogP contribution in [-0.4, -0.2) is 71.2 Å². The maximum atomic E-state index is 12.9. The van der Waals surface area contributed by atoms with Gasteiger partial charge in [-0.2, -0.15) is 12.6 Å². The van der Waals surface area contributed by atoms with Gasteiger partial charge in [0.05, 0.1) is 6.04 Å². The molecule has 0 heterocycles. The second-order valence-corrected chi connectivity index (χ2v) is 7.98. The smallest absolute Gasteiger partial charge is 0.326 e. The first-order valence-corrected chi connectivity index (χ1v) is 11.3. The lowest BCUT2D eigenvalue weighted by molar-refractivity contribution is -0.142. The lowest BCUT2D eigenvalue weighted by atomic mass is 10.0. The van der Waals surface area contributed by atoms with Gasteiger partial charge < -0.3 is 38.3 Å². The van der Waals surface area contributed by atoms with E-state index in [2.05, 4.69) is 33.6 Å². The van der Waals surface area contributed by atoms with Crippen LogP contribution in [0.1, 0.15) is 25.3 Å². The molecule has 0 spiro atoms. The second kappa shape index (κ2) is 14.8. The molecule has 3 amide bonds. The second-order valence-electron chi connectivity index (χ2n) is 7.62. The minimum atomic E-state index is -1.22. The average molecular weight is 496 g/mol. The predicted molar refractivity (Wildman–Crippen MR) is 131 cm³/mol. The first-order chi connectivity index (χ1) is 16.0. The molecule has 1 aromatic rings. The van der Waals surface area contributed by atoms with Crippen LogP contribution >= 0.6 is 12.6 Å². The van der Waals surface area contributed by atoms with E-state index >= 15 is 0 Å². The molecule has 1 aromatic carbocycles. The van der Waals surface area contributed by atoms with Crippen LogP contribution in [-0.2, 0) is 25.6 Å². The Morgan fingerprint density at radius 2 is 1.62 bits per heavy atom. The van der Waals surface area contributed by atoms with E-state index in [1.54, 1.807) is 30.3 Å². The number of carbonyl (C=O) groups is 4. The zero-order valence-corrected chi connectivity index (χ0v) is 19.8. The molecule has 188 valence electrons. The van der Waals surface area contributed by atoms with E-state index in [1.807, 2.05) is 0 Å². The maximum absolute atomic E-state index is 12.9. The quantitative estimate of drug-likeness (QED) is 0.0629. The van der Waals surface area contributed by atoms with Gasteiger partial charge in [0.15, 0.2) is 5.96 Å². The van der Waals surface area contributed by atoms with Crippen molar-refractivity contribution in [1.29, 1.82) is 0 Å². The van der Waals surface area contributed by atoms with Crippen molar-refractivity contribution in [1.82, 2.24) is 16.0 Å². The normalized spacial score (nSPS) is 14.1. The monoisotopic (exact) mass is 495 g/mol. The molecule has 4 unspecified atom stereocenters. The molecule has 0 aliphatic rings. The molecule has 1 rings (SSSR count). The Kier molecular flexibility index (Phi) is 12.5. The van der Waals surface area contributed by atoms with Crippen molar-refractivity contribution in [3.63, 3.8) is 0 Å². The fraction of sp³-hybridized carbons (Fsp3) is 0.476. The van der Waals surface area contributed by atoms with Gasteiger partial charge in [-0.3, -0.25) is 19.4 Å². The van der Waals surface area contributed by atoms with Crippen LogP contribution in [0, 0.1) is 0 Å². The molecular formula is C21H33N7O5S. The lowest BCUT2D eigenvalue weighted by Gasteiger charge is -2.23. The molecule has 0 saturated heterocycles. The molecule has 0 aliphatic carbocycles. The molecule has 0 fully saturated rings. The summed E-state index contributed by atoms with van der Waals surface area (Å²) in [7, 11) is 0. The number of rotatable bonds is 14. The number of nitrogens with one attached hydrogen (secondary N) is 3. The molecule has 0 bridgehead atoms. The largest absolute Gasteiger partial charge is 0.480 e. The number of carbonyl (C=O) groups excluding carboxylic acids is 3. The highest BCUT2D eigenvalue weighted by Crippen LogP contribution is 2.06. The lowest BCUT2D eigenvalue weighted by Crippen LogP contribution is -2.56. The number of hydrogen-bond donors (Lipinski definition) is 8. The van der Waals surface area contributed by atoms with Crippen LogP contribution in [0.25, 0.3) is 0 Å². The van der Waals surface area contributed by atoms with E-state index in [4.69, 9.17) is 17.2 Å². The number of carboxylic acid groups (broad SMARTS) is 1. The highest BCUT2D eigenvalue weighted by Gasteiger charge is 2.28. The predicted octanol–water partition coefficient (Wildman–Crippen LogP) is -1.90. The Morgan fingerprint density at radius 3 is 2.18 bits per heavy atom. The van der Waals surface area contributed by atoms with Gasteiger partial charge in [0.25, 0.3) is 0 Å². The molecule has 0 aliphatic heterocycles. The third-order valence-corrected chi connectivity index (χ3v) is 5.15. The molecule has 12 nitrogen and oxygen atoms in total. The zero-order chi connectivity index (χ0) is 25.7. The summed E-state index contributed by atoms with van der Waals surface area (Å²) in [6, 6.07) is 4.62. The van der Waals surface area contributed by atoms with Crippen LogP contribution < -0.4 is 33.2 Å². The summed E-state index contributed by atoms with van der Waals surface area (Å²) in [5.41, 5.74) is 16.9. The third kappa shape index (κ3) is 10.5. The average Bonchev–Trinajstić information content (AvgIpc) is 2.79. The van der Waals surface area contributed by atoms with Crippen LogP contribution in [0.2, 0.25) is 0 Å². The van der Waals surface area contributed by atoms with Crippen LogP contribution in [0.15, 0.2) is 35.3 Å². The first-order valence-electron chi connectivity index (χ1n) is 10.6. The van der Waals surface area contributed by atoms with Gasteiger partial charge in [-0.25, -0.2) is 4.79 Å². The third-order valence-electron chi connectivity index (χ3n) is 4.76. The molecule has 0 radical (unpaired) electrons. The SMILES string of the molecule is CC(NC(=O)C(N)CS)C(=O)NC(CCCN=C(N)N)C(=O)NC(Cc1ccccc1)C(=O)O. The summed E-state index contributed by atoms with van der Waals surface area (Å²) in [5.74, 6) is -3.14. The number of guanidine groups is 1. The Morgan fingerprint density at radius 1 is 1.00 bits per heavy atom. The number of nitrogens with two attached hydrogens (primary N) is 3. The van der Waals surface area contributed by atoms with Crippen molar-refractivity contribution in [2.45, 2.75) is 50.4 Å². The van der Waals surface area contributed by atoms with Gasteiger partial charge in [0.1, 0.15) is 18.1 Å². The van der Waals surface area contributed by atoms with E-state index in [0.717, 1.165) is 5.56 Å². The van der Waals surface area contributed by atoms with E-state index in [-0.39, 0.29) is 31.1 Å². The standard InChI is InChI=1S/C21H33N7O5S/c1-12(26-18(30)14(22)11-34)17(29)27-15(8-5-9-25-21(23)24)19(31)28-16(20(32)33)10-13-6-3-2-4-7-13/h2-4,6-7,12,14-16,34H,5,8-11,22H2,1H3,(H,26,30)(H,27,29)(H,28,31)(H,32,33)(H4,23,24,25). The number of benzene rings is 1. The number of aliphatic imine (C=N–C) groups is 1. The van der Waals surface area contributed by atoms with Gasteiger partial charge >= 0.3 is 5.97 Å². The molecule has 0 aromatic heterocycles. The maximum Gasteiger partial charge on any atom is 0.326 e. The fourth-order valence-electron chi connectivity index (χ4n) is 2.86. The molecule has 13 heteroatoms.